The number of hydrogen-bond acceptors (Lipinski definition) is 3. The van der Waals surface area contributed by atoms with Crippen LogP contribution in [0.15, 0.2) is 18.2 Å². The molecule has 1 aliphatic rings. The van der Waals surface area contributed by atoms with Crippen LogP contribution >= 0.6 is 11.6 Å². The van der Waals surface area contributed by atoms with Gasteiger partial charge >= 0.3 is 0 Å². The van der Waals surface area contributed by atoms with E-state index >= 15 is 0 Å². The SMILES string of the molecule is COCC(C)N(C)c1c(Cl)cccc1CNC1CC1. The first-order chi connectivity index (χ1) is 9.13. The molecule has 2 rings (SSSR count). The summed E-state index contributed by atoms with van der Waals surface area (Å²) in [5.74, 6) is 0. The van der Waals surface area contributed by atoms with Crippen molar-refractivity contribution in [3.8, 4) is 0 Å². The summed E-state index contributed by atoms with van der Waals surface area (Å²) in [6.45, 7) is 3.72. The zero-order valence-electron chi connectivity index (χ0n) is 11.9. The van der Waals surface area contributed by atoms with Crippen molar-refractivity contribution >= 4 is 17.3 Å². The van der Waals surface area contributed by atoms with E-state index in [1.54, 1.807) is 7.11 Å². The number of halogens is 1. The van der Waals surface area contributed by atoms with E-state index in [0.717, 1.165) is 17.3 Å². The molecule has 0 heterocycles. The van der Waals surface area contributed by atoms with Gasteiger partial charge in [0, 0.05) is 32.8 Å². The lowest BCUT2D eigenvalue weighted by Gasteiger charge is -2.29. The number of rotatable bonds is 7. The molecule has 1 saturated carbocycles. The summed E-state index contributed by atoms with van der Waals surface area (Å²) in [7, 11) is 3.80. The highest BCUT2D eigenvalue weighted by Gasteiger charge is 2.22. The van der Waals surface area contributed by atoms with Crippen LogP contribution in [0, 0.1) is 0 Å². The second kappa shape index (κ2) is 6.60. The maximum absolute atomic E-state index is 6.39. The molecule has 106 valence electrons. The van der Waals surface area contributed by atoms with Crippen molar-refractivity contribution in [2.45, 2.75) is 38.4 Å². The van der Waals surface area contributed by atoms with Crippen LogP contribution in [0.5, 0.6) is 0 Å². The zero-order chi connectivity index (χ0) is 13.8. The minimum absolute atomic E-state index is 0.296. The third-order valence-electron chi connectivity index (χ3n) is 3.65. The lowest BCUT2D eigenvalue weighted by atomic mass is 10.1. The molecule has 1 unspecified atom stereocenters. The predicted molar refractivity (Wildman–Crippen MR) is 81.1 cm³/mol. The highest BCUT2D eigenvalue weighted by atomic mass is 35.5. The Hall–Kier alpha value is -0.770. The maximum Gasteiger partial charge on any atom is 0.0663 e. The van der Waals surface area contributed by atoms with Crippen LogP contribution in [0.4, 0.5) is 5.69 Å². The van der Waals surface area contributed by atoms with Crippen LogP contribution in [0.3, 0.4) is 0 Å². The van der Waals surface area contributed by atoms with Gasteiger partial charge in [0.05, 0.1) is 17.3 Å². The van der Waals surface area contributed by atoms with Crippen molar-refractivity contribution in [1.29, 1.82) is 0 Å². The fourth-order valence-corrected chi connectivity index (χ4v) is 2.54. The van der Waals surface area contributed by atoms with Crippen LogP contribution in [-0.2, 0) is 11.3 Å². The molecule has 3 nitrogen and oxygen atoms in total. The summed E-state index contributed by atoms with van der Waals surface area (Å²) in [5.41, 5.74) is 2.37. The standard InChI is InChI=1S/C15H23ClN2O/c1-11(10-19-3)18(2)15-12(5-4-6-14(15)16)9-17-13-7-8-13/h4-6,11,13,17H,7-10H2,1-3H3. The van der Waals surface area contributed by atoms with Gasteiger partial charge in [-0.2, -0.15) is 0 Å². The highest BCUT2D eigenvalue weighted by molar-refractivity contribution is 6.33. The zero-order valence-corrected chi connectivity index (χ0v) is 12.7. The highest BCUT2D eigenvalue weighted by Crippen LogP contribution is 2.31. The Balaban J connectivity index is 2.15. The first kappa shape index (κ1) is 14.6. The summed E-state index contributed by atoms with van der Waals surface area (Å²) < 4.78 is 5.23. The summed E-state index contributed by atoms with van der Waals surface area (Å²) in [5, 5.41) is 4.36. The Morgan fingerprint density at radius 3 is 2.84 bits per heavy atom. The molecule has 0 amide bonds. The lowest BCUT2D eigenvalue weighted by molar-refractivity contribution is 0.183. The van der Waals surface area contributed by atoms with E-state index < -0.39 is 0 Å². The quantitative estimate of drug-likeness (QED) is 0.832. The molecule has 4 heteroatoms. The number of hydrogen-bond donors (Lipinski definition) is 1. The van der Waals surface area contributed by atoms with Gasteiger partial charge in [0.2, 0.25) is 0 Å². The van der Waals surface area contributed by atoms with Crippen LogP contribution < -0.4 is 10.2 Å². The number of ether oxygens (including phenoxy) is 1. The largest absolute Gasteiger partial charge is 0.383 e. The van der Waals surface area contributed by atoms with Crippen LogP contribution in [-0.4, -0.2) is 32.8 Å². The smallest absolute Gasteiger partial charge is 0.0663 e. The molecule has 0 spiro atoms. The van der Waals surface area contributed by atoms with Crippen molar-refractivity contribution in [1.82, 2.24) is 5.32 Å². The average molecular weight is 283 g/mol. The second-order valence-corrected chi connectivity index (χ2v) is 5.73. The molecule has 0 bridgehead atoms. The van der Waals surface area contributed by atoms with E-state index in [0.29, 0.717) is 18.7 Å². The Kier molecular flexibility index (Phi) is 5.08. The van der Waals surface area contributed by atoms with E-state index in [9.17, 15) is 0 Å². The maximum atomic E-state index is 6.39. The third-order valence-corrected chi connectivity index (χ3v) is 3.96. The van der Waals surface area contributed by atoms with Gasteiger partial charge < -0.3 is 15.0 Å². The molecule has 0 saturated heterocycles. The van der Waals surface area contributed by atoms with Crippen LogP contribution in [0.25, 0.3) is 0 Å². The normalized spacial score (nSPS) is 16.4. The van der Waals surface area contributed by atoms with Crippen molar-refractivity contribution in [2.24, 2.45) is 0 Å². The molecule has 1 aromatic carbocycles. The van der Waals surface area contributed by atoms with Gasteiger partial charge in [-0.05, 0) is 31.4 Å². The van der Waals surface area contributed by atoms with Crippen molar-refractivity contribution in [2.75, 3.05) is 25.7 Å². The molecule has 0 radical (unpaired) electrons. The van der Waals surface area contributed by atoms with Gasteiger partial charge in [-0.3, -0.25) is 0 Å². The van der Waals surface area contributed by atoms with E-state index in [-0.39, 0.29) is 0 Å². The Morgan fingerprint density at radius 1 is 1.47 bits per heavy atom. The molecule has 0 aromatic heterocycles. The van der Waals surface area contributed by atoms with Crippen LogP contribution in [0.1, 0.15) is 25.3 Å². The second-order valence-electron chi connectivity index (χ2n) is 5.32. The number of nitrogens with one attached hydrogen (secondary N) is 1. The molecule has 1 aliphatic carbocycles. The van der Waals surface area contributed by atoms with E-state index in [1.165, 1.54) is 18.4 Å². The van der Waals surface area contributed by atoms with Gasteiger partial charge in [-0.1, -0.05) is 23.7 Å². The summed E-state index contributed by atoms with van der Waals surface area (Å²) in [6.07, 6.45) is 2.59. The first-order valence-corrected chi connectivity index (χ1v) is 7.23. The van der Waals surface area contributed by atoms with Gasteiger partial charge in [-0.15, -0.1) is 0 Å². The number of methoxy groups -OCH3 is 1. The van der Waals surface area contributed by atoms with Crippen molar-refractivity contribution < 1.29 is 4.74 Å². The molecule has 1 N–H and O–H groups in total. The average Bonchev–Trinajstić information content (AvgIpc) is 3.20. The topological polar surface area (TPSA) is 24.5 Å². The van der Waals surface area contributed by atoms with Gasteiger partial charge in [-0.25, -0.2) is 0 Å². The lowest BCUT2D eigenvalue weighted by Crippen LogP contribution is -2.34. The van der Waals surface area contributed by atoms with E-state index in [1.807, 2.05) is 12.1 Å². The summed E-state index contributed by atoms with van der Waals surface area (Å²) >= 11 is 6.39. The molecular formula is C15H23ClN2O. The van der Waals surface area contributed by atoms with Gasteiger partial charge in [0.15, 0.2) is 0 Å². The Labute approximate surface area is 120 Å². The predicted octanol–water partition coefficient (Wildman–Crippen LogP) is 3.06. The van der Waals surface area contributed by atoms with E-state index in [4.69, 9.17) is 16.3 Å². The fourth-order valence-electron chi connectivity index (χ4n) is 2.21. The van der Waals surface area contributed by atoms with Crippen molar-refractivity contribution in [3.05, 3.63) is 28.8 Å². The fraction of sp³-hybridized carbons (Fsp3) is 0.600. The minimum atomic E-state index is 0.296. The number of para-hydroxylation sites is 1. The minimum Gasteiger partial charge on any atom is -0.383 e. The van der Waals surface area contributed by atoms with Gasteiger partial charge in [0.1, 0.15) is 0 Å². The first-order valence-electron chi connectivity index (χ1n) is 6.86. The number of nitrogens with zero attached hydrogens (tertiary/aromatic N) is 1. The molecule has 1 atom stereocenters. The molecule has 19 heavy (non-hydrogen) atoms. The molecule has 1 aromatic rings. The van der Waals surface area contributed by atoms with E-state index in [2.05, 4.69) is 30.3 Å². The summed E-state index contributed by atoms with van der Waals surface area (Å²) in [6, 6.07) is 7.11. The number of likely N-dealkylation sites (N-methyl/N-ethyl adjacent to an activating group) is 1. The number of benzene rings is 1. The molecule has 0 aliphatic heterocycles. The summed E-state index contributed by atoms with van der Waals surface area (Å²) in [4.78, 5) is 2.20. The van der Waals surface area contributed by atoms with Gasteiger partial charge in [0.25, 0.3) is 0 Å². The van der Waals surface area contributed by atoms with Crippen molar-refractivity contribution in [3.63, 3.8) is 0 Å². The monoisotopic (exact) mass is 282 g/mol. The van der Waals surface area contributed by atoms with Crippen LogP contribution in [0.2, 0.25) is 5.02 Å². The molecular weight excluding hydrogens is 260 g/mol. The Bertz CT molecular complexity index is 421. The number of anilines is 1. The molecule has 1 fully saturated rings. The Morgan fingerprint density at radius 2 is 2.21 bits per heavy atom. The third kappa shape index (κ3) is 3.85.